The van der Waals surface area contributed by atoms with Crippen LogP contribution in [-0.4, -0.2) is 40.3 Å². The highest BCUT2D eigenvalue weighted by Crippen LogP contribution is 2.31. The van der Waals surface area contributed by atoms with Crippen LogP contribution in [0.5, 0.6) is 11.5 Å². The van der Waals surface area contributed by atoms with Crippen LogP contribution >= 0.6 is 0 Å². The summed E-state index contributed by atoms with van der Waals surface area (Å²) in [5, 5.41) is 9.52. The van der Waals surface area contributed by atoms with E-state index in [4.69, 9.17) is 9.47 Å². The molecule has 7 nitrogen and oxygen atoms in total. The third-order valence-electron chi connectivity index (χ3n) is 4.14. The molecule has 0 bridgehead atoms. The van der Waals surface area contributed by atoms with Crippen LogP contribution in [0.3, 0.4) is 0 Å². The van der Waals surface area contributed by atoms with E-state index in [1.165, 1.54) is 0 Å². The maximum atomic E-state index is 12.2. The van der Waals surface area contributed by atoms with Gasteiger partial charge in [-0.3, -0.25) is 14.9 Å². The maximum absolute atomic E-state index is 12.2. The van der Waals surface area contributed by atoms with Gasteiger partial charge in [-0.05, 0) is 24.3 Å². The highest BCUT2D eigenvalue weighted by Gasteiger charge is 2.20. The maximum Gasteiger partial charge on any atom is 0.252 e. The first-order valence-electron chi connectivity index (χ1n) is 8.41. The molecule has 3 aromatic rings. The Kier molecular flexibility index (Phi) is 4.51. The molecule has 26 heavy (non-hydrogen) atoms. The van der Waals surface area contributed by atoms with Gasteiger partial charge in [0.05, 0.1) is 17.5 Å². The summed E-state index contributed by atoms with van der Waals surface area (Å²) in [6, 6.07) is 11.1. The standard InChI is InChI=1S/C19H18N4O3/c24-19(13-5-6-16(21-9-13)14-10-22-23-11-14)20-8-7-15-12-25-17-3-1-2-4-18(17)26-15/h1-6,9-11,15H,7-8,12H2,(H,20,24)(H,22,23)/t15-/m0/s1. The number of hydrogen-bond donors (Lipinski definition) is 2. The zero-order valence-corrected chi connectivity index (χ0v) is 14.0. The van der Waals surface area contributed by atoms with Crippen molar-refractivity contribution in [3.63, 3.8) is 0 Å². The van der Waals surface area contributed by atoms with Crippen LogP contribution in [0.1, 0.15) is 16.8 Å². The predicted molar refractivity (Wildman–Crippen MR) is 95.1 cm³/mol. The molecule has 1 atom stereocenters. The lowest BCUT2D eigenvalue weighted by Crippen LogP contribution is -2.34. The number of aromatic nitrogens is 3. The molecular formula is C19H18N4O3. The van der Waals surface area contributed by atoms with Gasteiger partial charge in [0.2, 0.25) is 0 Å². The van der Waals surface area contributed by atoms with Gasteiger partial charge in [-0.1, -0.05) is 12.1 Å². The molecule has 3 heterocycles. The van der Waals surface area contributed by atoms with Crippen LogP contribution in [0, 0.1) is 0 Å². The summed E-state index contributed by atoms with van der Waals surface area (Å²) in [6.07, 6.45) is 5.60. The Morgan fingerprint density at radius 2 is 2.08 bits per heavy atom. The Labute approximate surface area is 150 Å². The number of amides is 1. The lowest BCUT2D eigenvalue weighted by molar-refractivity contribution is 0.0812. The van der Waals surface area contributed by atoms with Crippen molar-refractivity contribution in [1.29, 1.82) is 0 Å². The number of fused-ring (bicyclic) bond motifs is 1. The number of H-pyrrole nitrogens is 1. The summed E-state index contributed by atoms with van der Waals surface area (Å²) in [7, 11) is 0. The van der Waals surface area contributed by atoms with E-state index in [1.54, 1.807) is 30.7 Å². The lowest BCUT2D eigenvalue weighted by atomic mass is 10.2. The summed E-state index contributed by atoms with van der Waals surface area (Å²) in [5.74, 6) is 1.35. The first kappa shape index (κ1) is 16.1. The number of pyridine rings is 1. The van der Waals surface area contributed by atoms with Crippen molar-refractivity contribution >= 4 is 5.91 Å². The highest BCUT2D eigenvalue weighted by atomic mass is 16.6. The van der Waals surface area contributed by atoms with E-state index in [1.807, 2.05) is 24.3 Å². The molecule has 7 heteroatoms. The number of carbonyl (C=O) groups is 1. The number of aromatic amines is 1. The topological polar surface area (TPSA) is 89.1 Å². The van der Waals surface area contributed by atoms with Crippen LogP contribution < -0.4 is 14.8 Å². The van der Waals surface area contributed by atoms with Crippen molar-refractivity contribution in [1.82, 2.24) is 20.5 Å². The molecule has 1 aromatic carbocycles. The van der Waals surface area contributed by atoms with Gasteiger partial charge < -0.3 is 14.8 Å². The number of benzene rings is 1. The van der Waals surface area contributed by atoms with Crippen LogP contribution in [0.25, 0.3) is 11.3 Å². The monoisotopic (exact) mass is 350 g/mol. The first-order valence-corrected chi connectivity index (χ1v) is 8.41. The van der Waals surface area contributed by atoms with Crippen LogP contribution in [0.15, 0.2) is 55.0 Å². The number of nitrogens with one attached hydrogen (secondary N) is 2. The van der Waals surface area contributed by atoms with E-state index >= 15 is 0 Å². The van der Waals surface area contributed by atoms with E-state index in [-0.39, 0.29) is 12.0 Å². The average Bonchev–Trinajstić information content (AvgIpc) is 3.23. The zero-order chi connectivity index (χ0) is 17.8. The lowest BCUT2D eigenvalue weighted by Gasteiger charge is -2.26. The fraction of sp³-hybridized carbons (Fsp3) is 0.211. The van der Waals surface area contributed by atoms with Gasteiger partial charge in [-0.25, -0.2) is 0 Å². The molecule has 132 valence electrons. The van der Waals surface area contributed by atoms with Gasteiger partial charge >= 0.3 is 0 Å². The molecule has 0 saturated carbocycles. The predicted octanol–water partition coefficient (Wildman–Crippen LogP) is 2.43. The molecule has 1 amide bonds. The second kappa shape index (κ2) is 7.26. The number of rotatable bonds is 5. The summed E-state index contributed by atoms with van der Waals surface area (Å²) in [5.41, 5.74) is 2.16. The smallest absolute Gasteiger partial charge is 0.252 e. The molecule has 4 rings (SSSR count). The Bertz CT molecular complexity index is 878. The van der Waals surface area contributed by atoms with Crippen LogP contribution in [0.4, 0.5) is 0 Å². The minimum Gasteiger partial charge on any atom is -0.486 e. The second-order valence-corrected chi connectivity index (χ2v) is 5.96. The van der Waals surface area contributed by atoms with Gasteiger partial charge in [0.1, 0.15) is 12.7 Å². The molecule has 0 spiro atoms. The summed E-state index contributed by atoms with van der Waals surface area (Å²) >= 11 is 0. The molecule has 0 aliphatic carbocycles. The summed E-state index contributed by atoms with van der Waals surface area (Å²) in [6.45, 7) is 0.979. The van der Waals surface area contributed by atoms with Crippen molar-refractivity contribution < 1.29 is 14.3 Å². The molecule has 0 unspecified atom stereocenters. The van der Waals surface area contributed by atoms with E-state index in [9.17, 15) is 4.79 Å². The number of hydrogen-bond acceptors (Lipinski definition) is 5. The van der Waals surface area contributed by atoms with Gasteiger partial charge in [0.15, 0.2) is 11.5 Å². The Balaban J connectivity index is 1.28. The highest BCUT2D eigenvalue weighted by molar-refractivity contribution is 5.94. The Morgan fingerprint density at radius 3 is 2.85 bits per heavy atom. The van der Waals surface area contributed by atoms with E-state index in [0.717, 1.165) is 22.8 Å². The van der Waals surface area contributed by atoms with E-state index < -0.39 is 0 Å². The summed E-state index contributed by atoms with van der Waals surface area (Å²) < 4.78 is 11.6. The number of nitrogens with zero attached hydrogens (tertiary/aromatic N) is 2. The molecule has 0 radical (unpaired) electrons. The third kappa shape index (κ3) is 3.51. The number of ether oxygens (including phenoxy) is 2. The molecule has 2 aromatic heterocycles. The van der Waals surface area contributed by atoms with Crippen molar-refractivity contribution in [2.45, 2.75) is 12.5 Å². The quantitative estimate of drug-likeness (QED) is 0.738. The van der Waals surface area contributed by atoms with Crippen LogP contribution in [-0.2, 0) is 0 Å². The van der Waals surface area contributed by atoms with Crippen molar-refractivity contribution in [2.75, 3.05) is 13.2 Å². The number of carbonyl (C=O) groups excluding carboxylic acids is 1. The van der Waals surface area contributed by atoms with E-state index in [0.29, 0.717) is 25.1 Å². The van der Waals surface area contributed by atoms with Gasteiger partial charge in [0, 0.05) is 30.9 Å². The van der Waals surface area contributed by atoms with Gasteiger partial charge in [-0.15, -0.1) is 0 Å². The van der Waals surface area contributed by atoms with Crippen LogP contribution in [0.2, 0.25) is 0 Å². The third-order valence-corrected chi connectivity index (χ3v) is 4.14. The van der Waals surface area contributed by atoms with Gasteiger partial charge in [0.25, 0.3) is 5.91 Å². The molecule has 2 N–H and O–H groups in total. The fourth-order valence-corrected chi connectivity index (χ4v) is 2.74. The Hall–Kier alpha value is -3.35. The second-order valence-electron chi connectivity index (χ2n) is 5.96. The van der Waals surface area contributed by atoms with Crippen molar-refractivity contribution in [2.24, 2.45) is 0 Å². The SMILES string of the molecule is O=C(NCC[C@H]1COc2ccccc2O1)c1ccc(-c2cn[nH]c2)nc1. The molecule has 1 aliphatic heterocycles. The molecular weight excluding hydrogens is 332 g/mol. The molecule has 0 saturated heterocycles. The largest absolute Gasteiger partial charge is 0.486 e. The van der Waals surface area contributed by atoms with E-state index in [2.05, 4.69) is 20.5 Å². The molecule has 0 fully saturated rings. The van der Waals surface area contributed by atoms with Crippen molar-refractivity contribution in [3.05, 3.63) is 60.6 Å². The normalized spacial score (nSPS) is 15.5. The zero-order valence-electron chi connectivity index (χ0n) is 14.0. The number of para-hydroxylation sites is 2. The van der Waals surface area contributed by atoms with Crippen molar-refractivity contribution in [3.8, 4) is 22.8 Å². The fourth-order valence-electron chi connectivity index (χ4n) is 2.74. The first-order chi connectivity index (χ1) is 12.8. The average molecular weight is 350 g/mol. The molecule has 1 aliphatic rings. The van der Waals surface area contributed by atoms with Gasteiger partial charge in [-0.2, -0.15) is 5.10 Å². The minimum atomic E-state index is -0.159. The minimum absolute atomic E-state index is 0.0770. The Morgan fingerprint density at radius 1 is 1.19 bits per heavy atom. The summed E-state index contributed by atoms with van der Waals surface area (Å²) in [4.78, 5) is 16.5.